The maximum Gasteiger partial charge on any atom is 0.293 e. The number of nitrogens with zero attached hydrogens (tertiary/aromatic N) is 1. The average Bonchev–Trinajstić information content (AvgIpc) is 3.10. The minimum atomic E-state index is -2.55. The molecule has 4 nitrogen and oxygen atoms in total. The Labute approximate surface area is 166 Å². The van der Waals surface area contributed by atoms with Crippen LogP contribution in [0.2, 0.25) is 0 Å². The van der Waals surface area contributed by atoms with E-state index in [1.807, 2.05) is 18.2 Å². The zero-order valence-electron chi connectivity index (χ0n) is 16.9. The Hall–Kier alpha value is -1.85. The first-order chi connectivity index (χ1) is 13.3. The summed E-state index contributed by atoms with van der Waals surface area (Å²) in [5.74, 6) is -2.16. The maximum atomic E-state index is 13.6. The summed E-state index contributed by atoms with van der Waals surface area (Å²) in [6.07, 6.45) is 4.45. The van der Waals surface area contributed by atoms with Crippen LogP contribution >= 0.6 is 0 Å². The van der Waals surface area contributed by atoms with Crippen molar-refractivity contribution in [2.24, 2.45) is 5.92 Å². The normalized spacial score (nSPS) is 21.6. The predicted molar refractivity (Wildman–Crippen MR) is 108 cm³/mol. The van der Waals surface area contributed by atoms with Gasteiger partial charge in [-0.05, 0) is 62.1 Å². The Bertz CT molecular complexity index is 677. The van der Waals surface area contributed by atoms with E-state index in [-0.39, 0.29) is 18.9 Å². The van der Waals surface area contributed by atoms with Crippen LogP contribution in [-0.4, -0.2) is 25.0 Å². The van der Waals surface area contributed by atoms with E-state index in [1.165, 1.54) is 0 Å². The third-order valence-electron chi connectivity index (χ3n) is 6.24. The van der Waals surface area contributed by atoms with E-state index in [1.54, 1.807) is 0 Å². The van der Waals surface area contributed by atoms with Gasteiger partial charge in [-0.25, -0.2) is 8.78 Å². The highest BCUT2D eigenvalue weighted by atomic mass is 19.3. The third-order valence-corrected chi connectivity index (χ3v) is 6.24. The number of anilines is 2. The van der Waals surface area contributed by atoms with Gasteiger partial charge in [0.1, 0.15) is 5.60 Å². The first kappa shape index (κ1) is 20.9. The van der Waals surface area contributed by atoms with E-state index >= 15 is 0 Å². The van der Waals surface area contributed by atoms with E-state index in [2.05, 4.69) is 18.7 Å². The van der Waals surface area contributed by atoms with Crippen molar-refractivity contribution in [2.45, 2.75) is 82.8 Å². The lowest BCUT2D eigenvalue weighted by molar-refractivity contribution is -0.144. The van der Waals surface area contributed by atoms with Crippen LogP contribution in [-0.2, 0) is 15.1 Å². The minimum absolute atomic E-state index is 0.0689. The van der Waals surface area contributed by atoms with Crippen molar-refractivity contribution >= 4 is 17.8 Å². The quantitative estimate of drug-likeness (QED) is 0.507. The molecular weight excluding hydrogens is 362 g/mol. The van der Waals surface area contributed by atoms with Gasteiger partial charge >= 0.3 is 0 Å². The van der Waals surface area contributed by atoms with Gasteiger partial charge < -0.3 is 15.4 Å². The van der Waals surface area contributed by atoms with Crippen molar-refractivity contribution in [3.05, 3.63) is 23.8 Å². The monoisotopic (exact) mass is 394 g/mol. The third kappa shape index (κ3) is 4.41. The second-order valence-electron chi connectivity index (χ2n) is 8.82. The molecule has 2 N–H and O–H groups in total. The van der Waals surface area contributed by atoms with Crippen molar-refractivity contribution in [3.63, 3.8) is 0 Å². The molecule has 2 aliphatic rings. The van der Waals surface area contributed by atoms with Crippen molar-refractivity contribution in [1.29, 1.82) is 0 Å². The van der Waals surface area contributed by atoms with Crippen LogP contribution in [0.3, 0.4) is 0 Å². The number of nitrogens with two attached hydrogens (primary N) is 1. The molecule has 156 valence electrons. The summed E-state index contributed by atoms with van der Waals surface area (Å²) < 4.78 is 32.8. The van der Waals surface area contributed by atoms with Gasteiger partial charge in [-0.15, -0.1) is 0 Å². The predicted octanol–water partition coefficient (Wildman–Crippen LogP) is 5.25. The molecule has 0 radical (unpaired) electrons. The zero-order chi connectivity index (χ0) is 20.4. The molecule has 2 aliphatic carbocycles. The maximum absolute atomic E-state index is 13.6. The highest BCUT2D eigenvalue weighted by molar-refractivity contribution is 5.69. The Balaban J connectivity index is 1.87. The largest absolute Gasteiger partial charge is 0.456 e. The van der Waals surface area contributed by atoms with E-state index in [9.17, 15) is 13.6 Å². The lowest BCUT2D eigenvalue weighted by Gasteiger charge is -2.40. The fourth-order valence-corrected chi connectivity index (χ4v) is 4.79. The first-order valence-corrected chi connectivity index (χ1v) is 10.4. The molecule has 1 aromatic rings. The second kappa shape index (κ2) is 8.26. The molecule has 0 amide bonds. The van der Waals surface area contributed by atoms with Gasteiger partial charge in [0.05, 0.1) is 11.4 Å². The molecule has 0 aromatic heterocycles. The number of carbonyl (C=O) groups excluding carboxylic acids is 1. The van der Waals surface area contributed by atoms with Crippen molar-refractivity contribution in [2.75, 3.05) is 17.2 Å². The highest BCUT2D eigenvalue weighted by Gasteiger charge is 2.39. The van der Waals surface area contributed by atoms with Gasteiger partial charge in [0.25, 0.3) is 6.47 Å². The number of alkyl halides is 2. The number of nitrogen functional groups attached to an aromatic ring is 1. The van der Waals surface area contributed by atoms with Crippen LogP contribution in [0.5, 0.6) is 0 Å². The highest BCUT2D eigenvalue weighted by Crippen LogP contribution is 2.44. The molecular formula is C22H32F2N2O2. The second-order valence-corrected chi connectivity index (χ2v) is 8.82. The van der Waals surface area contributed by atoms with E-state index in [0.717, 1.165) is 43.5 Å². The van der Waals surface area contributed by atoms with Gasteiger partial charge in [0.15, 0.2) is 0 Å². The molecule has 0 heterocycles. The number of benzene rings is 1. The lowest BCUT2D eigenvalue weighted by atomic mass is 9.89. The smallest absolute Gasteiger partial charge is 0.293 e. The van der Waals surface area contributed by atoms with Gasteiger partial charge in [-0.2, -0.15) is 0 Å². The molecule has 2 fully saturated rings. The summed E-state index contributed by atoms with van der Waals surface area (Å²) in [6.45, 7) is 5.55. The van der Waals surface area contributed by atoms with Crippen molar-refractivity contribution < 1.29 is 18.3 Å². The standard InChI is InChI=1S/C22H32F2N2O2/c1-16(2)14-26(18-7-11-22(23,24)12-8-18)20-6-5-17(13-19(20)25)21(28-15-27)9-3-4-10-21/h5-6,13,15-16,18H,3-4,7-12,14,25H2,1-2H3. The van der Waals surface area contributed by atoms with E-state index in [0.29, 0.717) is 30.9 Å². The molecule has 0 unspecified atom stereocenters. The summed E-state index contributed by atoms with van der Waals surface area (Å²) >= 11 is 0. The molecule has 0 spiro atoms. The summed E-state index contributed by atoms with van der Waals surface area (Å²) in [6, 6.07) is 5.95. The topological polar surface area (TPSA) is 55.6 Å². The van der Waals surface area contributed by atoms with Crippen molar-refractivity contribution in [1.82, 2.24) is 0 Å². The van der Waals surface area contributed by atoms with Gasteiger partial charge in [0.2, 0.25) is 5.92 Å². The van der Waals surface area contributed by atoms with Crippen LogP contribution in [0.15, 0.2) is 18.2 Å². The van der Waals surface area contributed by atoms with Crippen molar-refractivity contribution in [3.8, 4) is 0 Å². The molecule has 6 heteroatoms. The lowest BCUT2D eigenvalue weighted by Crippen LogP contribution is -2.43. The Morgan fingerprint density at radius 3 is 2.39 bits per heavy atom. The molecule has 0 atom stereocenters. The van der Waals surface area contributed by atoms with Gasteiger partial charge in [-0.1, -0.05) is 19.9 Å². The zero-order valence-corrected chi connectivity index (χ0v) is 16.9. The van der Waals surface area contributed by atoms with Crippen LogP contribution in [0.4, 0.5) is 20.2 Å². The summed E-state index contributed by atoms with van der Waals surface area (Å²) in [5, 5.41) is 0. The molecule has 28 heavy (non-hydrogen) atoms. The first-order valence-electron chi connectivity index (χ1n) is 10.4. The average molecular weight is 395 g/mol. The Morgan fingerprint density at radius 1 is 1.21 bits per heavy atom. The Morgan fingerprint density at radius 2 is 1.86 bits per heavy atom. The number of halogens is 2. The number of hydrogen-bond acceptors (Lipinski definition) is 4. The molecule has 0 aliphatic heterocycles. The number of ether oxygens (including phenoxy) is 1. The molecule has 1 aromatic carbocycles. The van der Waals surface area contributed by atoms with Gasteiger partial charge in [-0.3, -0.25) is 4.79 Å². The van der Waals surface area contributed by atoms with Crippen LogP contribution in [0.25, 0.3) is 0 Å². The van der Waals surface area contributed by atoms with Gasteiger partial charge in [0, 0.05) is 25.4 Å². The van der Waals surface area contributed by atoms with Crippen LogP contribution < -0.4 is 10.6 Å². The number of carbonyl (C=O) groups is 1. The fourth-order valence-electron chi connectivity index (χ4n) is 4.79. The van der Waals surface area contributed by atoms with E-state index in [4.69, 9.17) is 10.5 Å². The minimum Gasteiger partial charge on any atom is -0.456 e. The molecule has 0 bridgehead atoms. The van der Waals surface area contributed by atoms with E-state index < -0.39 is 11.5 Å². The van der Waals surface area contributed by atoms with Crippen LogP contribution in [0.1, 0.15) is 70.8 Å². The summed E-state index contributed by atoms with van der Waals surface area (Å²) in [4.78, 5) is 13.3. The molecule has 3 rings (SSSR count). The number of rotatable bonds is 7. The fraction of sp³-hybridized carbons (Fsp3) is 0.682. The molecule has 2 saturated carbocycles. The molecule has 0 saturated heterocycles. The summed E-state index contributed by atoms with van der Waals surface area (Å²) in [5.41, 5.74) is 8.31. The number of hydrogen-bond donors (Lipinski definition) is 1. The van der Waals surface area contributed by atoms with Crippen LogP contribution in [0, 0.1) is 5.92 Å². The Kier molecular flexibility index (Phi) is 6.15. The SMILES string of the molecule is CC(C)CN(c1ccc(C2(OC=O)CCCC2)cc1N)C1CCC(F)(F)CC1. The summed E-state index contributed by atoms with van der Waals surface area (Å²) in [7, 11) is 0.